The zero-order valence-corrected chi connectivity index (χ0v) is 13.8. The largest absolute Gasteiger partial charge is 0.465 e. The third kappa shape index (κ3) is 2.89. The predicted octanol–water partition coefficient (Wildman–Crippen LogP) is 2.45. The molecule has 1 aromatic rings. The van der Waals surface area contributed by atoms with Gasteiger partial charge in [-0.2, -0.15) is 0 Å². The monoisotopic (exact) mass is 316 g/mol. The van der Waals surface area contributed by atoms with Crippen LogP contribution < -0.4 is 10.6 Å². The van der Waals surface area contributed by atoms with Crippen LogP contribution in [0.1, 0.15) is 23.5 Å². The fourth-order valence-electron chi connectivity index (χ4n) is 2.41. The number of carbonyl (C=O) groups excluding carboxylic acids is 1. The second-order valence-corrected chi connectivity index (χ2v) is 6.65. The Hall–Kier alpha value is -0.920. The molecule has 2 rings (SSSR count). The van der Waals surface area contributed by atoms with E-state index in [9.17, 15) is 4.79 Å². The Labute approximate surface area is 127 Å². The first-order chi connectivity index (χ1) is 9.47. The smallest absolute Gasteiger partial charge is 0.350 e. The number of anilines is 2. The number of thiophene rings is 1. The highest BCUT2D eigenvalue weighted by Gasteiger charge is 2.29. The second kappa shape index (κ2) is 6.24. The summed E-state index contributed by atoms with van der Waals surface area (Å²) in [7, 11) is 1.37. The lowest BCUT2D eigenvalue weighted by Crippen LogP contribution is -2.45. The summed E-state index contributed by atoms with van der Waals surface area (Å²) in [5.41, 5.74) is 6.62. The van der Waals surface area contributed by atoms with Crippen molar-refractivity contribution in [2.75, 3.05) is 37.1 Å². The summed E-state index contributed by atoms with van der Waals surface area (Å²) in [6.07, 6.45) is 2.30. The maximum atomic E-state index is 11.8. The number of hydrogen-bond acceptors (Lipinski definition) is 7. The van der Waals surface area contributed by atoms with E-state index >= 15 is 0 Å². The number of esters is 1. The molecule has 2 atom stereocenters. The highest BCUT2D eigenvalue weighted by molar-refractivity contribution is 7.99. The highest BCUT2D eigenvalue weighted by atomic mass is 32.2. The van der Waals surface area contributed by atoms with Crippen LogP contribution in [-0.2, 0) is 9.47 Å². The number of methoxy groups -OCH3 is 1. The Bertz CT molecular complexity index is 494. The fourth-order valence-corrected chi connectivity index (χ4v) is 4.53. The molecule has 0 aliphatic carbocycles. The van der Waals surface area contributed by atoms with Crippen LogP contribution in [0, 0.1) is 0 Å². The highest BCUT2D eigenvalue weighted by Crippen LogP contribution is 2.44. The summed E-state index contributed by atoms with van der Waals surface area (Å²) in [5, 5.41) is 1.04. The summed E-state index contributed by atoms with van der Waals surface area (Å²) in [5.74, 6) is -0.372. The Morgan fingerprint density at radius 1 is 1.45 bits per heavy atom. The van der Waals surface area contributed by atoms with E-state index in [0.29, 0.717) is 10.6 Å². The average molecular weight is 316 g/mol. The molecule has 2 heterocycles. The molecule has 2 N–H and O–H groups in total. The van der Waals surface area contributed by atoms with Gasteiger partial charge in [-0.1, -0.05) is 0 Å². The fraction of sp³-hybridized carbons (Fsp3) is 0.615. The van der Waals surface area contributed by atoms with Gasteiger partial charge < -0.3 is 20.1 Å². The molecule has 20 heavy (non-hydrogen) atoms. The second-order valence-electron chi connectivity index (χ2n) is 4.84. The first-order valence-electron chi connectivity index (χ1n) is 6.42. The molecular weight excluding hydrogens is 296 g/mol. The quantitative estimate of drug-likeness (QED) is 0.682. The van der Waals surface area contributed by atoms with E-state index in [1.165, 1.54) is 18.4 Å². The van der Waals surface area contributed by atoms with Crippen molar-refractivity contribution in [3.8, 4) is 0 Å². The van der Waals surface area contributed by atoms with E-state index in [0.717, 1.165) is 23.0 Å². The van der Waals surface area contributed by atoms with Gasteiger partial charge in [-0.25, -0.2) is 4.79 Å². The number of rotatable bonds is 3. The number of carbonyl (C=O) groups is 1. The van der Waals surface area contributed by atoms with E-state index in [1.54, 1.807) is 11.8 Å². The number of morpholine rings is 1. The standard InChI is InChI=1S/C13H20N2O3S2/c1-7-5-15(6-8(2)18-7)12-10(19-4)9(14)11(20-12)13(16)17-3/h7-8H,5-6,14H2,1-4H3. The minimum absolute atomic E-state index is 0.165. The van der Waals surface area contributed by atoms with Crippen LogP contribution in [0.25, 0.3) is 0 Å². The normalized spacial score (nSPS) is 22.9. The van der Waals surface area contributed by atoms with Crippen molar-refractivity contribution in [1.29, 1.82) is 0 Å². The van der Waals surface area contributed by atoms with Gasteiger partial charge in [0, 0.05) is 13.1 Å². The number of ether oxygens (including phenoxy) is 2. The molecule has 2 unspecified atom stereocenters. The molecule has 0 aromatic carbocycles. The summed E-state index contributed by atoms with van der Waals surface area (Å²) < 4.78 is 10.5. The third-order valence-electron chi connectivity index (χ3n) is 3.16. The van der Waals surface area contributed by atoms with Crippen molar-refractivity contribution in [3.63, 3.8) is 0 Å². The molecule has 0 saturated carbocycles. The van der Waals surface area contributed by atoms with Gasteiger partial charge in [0.1, 0.15) is 9.88 Å². The van der Waals surface area contributed by atoms with Gasteiger partial charge in [0.25, 0.3) is 0 Å². The molecule has 1 aromatic heterocycles. The average Bonchev–Trinajstić information content (AvgIpc) is 2.73. The van der Waals surface area contributed by atoms with Crippen LogP contribution >= 0.6 is 23.1 Å². The number of nitrogens with two attached hydrogens (primary N) is 1. The molecule has 5 nitrogen and oxygen atoms in total. The Balaban J connectivity index is 2.38. The van der Waals surface area contributed by atoms with E-state index < -0.39 is 0 Å². The lowest BCUT2D eigenvalue weighted by atomic mass is 10.2. The Kier molecular flexibility index (Phi) is 4.82. The first-order valence-corrected chi connectivity index (χ1v) is 8.47. The summed E-state index contributed by atoms with van der Waals surface area (Å²) >= 11 is 2.97. The van der Waals surface area contributed by atoms with Gasteiger partial charge in [0.2, 0.25) is 0 Å². The van der Waals surface area contributed by atoms with Gasteiger partial charge in [0.05, 0.1) is 29.9 Å². The van der Waals surface area contributed by atoms with Gasteiger partial charge >= 0.3 is 5.97 Å². The Morgan fingerprint density at radius 2 is 2.05 bits per heavy atom. The molecule has 0 amide bonds. The summed E-state index contributed by atoms with van der Waals surface area (Å²) in [4.78, 5) is 15.5. The van der Waals surface area contributed by atoms with Crippen LogP contribution in [0.4, 0.5) is 10.7 Å². The number of nitrogens with zero attached hydrogens (tertiary/aromatic N) is 1. The van der Waals surface area contributed by atoms with Crippen molar-refractivity contribution in [2.24, 2.45) is 0 Å². The predicted molar refractivity (Wildman–Crippen MR) is 84.1 cm³/mol. The van der Waals surface area contributed by atoms with Crippen LogP contribution in [0.5, 0.6) is 0 Å². The molecule has 0 radical (unpaired) electrons. The van der Waals surface area contributed by atoms with E-state index in [-0.39, 0.29) is 18.2 Å². The van der Waals surface area contributed by atoms with Gasteiger partial charge in [-0.15, -0.1) is 23.1 Å². The van der Waals surface area contributed by atoms with Crippen LogP contribution in [0.15, 0.2) is 4.90 Å². The molecule has 1 aliphatic heterocycles. The van der Waals surface area contributed by atoms with Crippen molar-refractivity contribution in [3.05, 3.63) is 4.88 Å². The molecule has 112 valence electrons. The first kappa shape index (κ1) is 15.5. The van der Waals surface area contributed by atoms with Gasteiger partial charge in [-0.3, -0.25) is 0 Å². The summed E-state index contributed by atoms with van der Waals surface area (Å²) in [6, 6.07) is 0. The van der Waals surface area contributed by atoms with Crippen molar-refractivity contribution in [1.82, 2.24) is 0 Å². The van der Waals surface area contributed by atoms with Crippen molar-refractivity contribution < 1.29 is 14.3 Å². The van der Waals surface area contributed by atoms with Gasteiger partial charge in [-0.05, 0) is 20.1 Å². The van der Waals surface area contributed by atoms with Crippen LogP contribution in [0.2, 0.25) is 0 Å². The van der Waals surface area contributed by atoms with Crippen LogP contribution in [0.3, 0.4) is 0 Å². The number of thioether (sulfide) groups is 1. The van der Waals surface area contributed by atoms with E-state index in [4.69, 9.17) is 15.2 Å². The maximum absolute atomic E-state index is 11.8. The van der Waals surface area contributed by atoms with Crippen molar-refractivity contribution >= 4 is 39.8 Å². The molecular formula is C13H20N2O3S2. The molecule has 1 saturated heterocycles. The minimum atomic E-state index is -0.372. The minimum Gasteiger partial charge on any atom is -0.465 e. The molecule has 7 heteroatoms. The zero-order valence-electron chi connectivity index (χ0n) is 12.1. The number of hydrogen-bond donors (Lipinski definition) is 1. The van der Waals surface area contributed by atoms with Crippen LogP contribution in [-0.4, -0.2) is 44.6 Å². The third-order valence-corrected chi connectivity index (χ3v) is 5.36. The maximum Gasteiger partial charge on any atom is 0.350 e. The topological polar surface area (TPSA) is 64.8 Å². The lowest BCUT2D eigenvalue weighted by molar-refractivity contribution is -0.00513. The molecule has 0 spiro atoms. The number of nitrogen functional groups attached to an aromatic ring is 1. The Morgan fingerprint density at radius 3 is 2.55 bits per heavy atom. The molecule has 1 aliphatic rings. The summed E-state index contributed by atoms with van der Waals surface area (Å²) in [6.45, 7) is 5.72. The molecule has 0 bridgehead atoms. The van der Waals surface area contributed by atoms with Crippen molar-refractivity contribution in [2.45, 2.75) is 31.0 Å². The molecule has 1 fully saturated rings. The SMILES string of the molecule is COC(=O)c1sc(N2CC(C)OC(C)C2)c(SC)c1N. The van der Waals surface area contributed by atoms with E-state index in [1.807, 2.05) is 6.26 Å². The van der Waals surface area contributed by atoms with E-state index in [2.05, 4.69) is 18.7 Å². The van der Waals surface area contributed by atoms with Gasteiger partial charge in [0.15, 0.2) is 0 Å². The zero-order chi connectivity index (χ0) is 14.9. The lowest BCUT2D eigenvalue weighted by Gasteiger charge is -2.36.